The van der Waals surface area contributed by atoms with Crippen molar-refractivity contribution in [2.45, 2.75) is 26.3 Å². The highest BCUT2D eigenvalue weighted by molar-refractivity contribution is 5.97. The van der Waals surface area contributed by atoms with Crippen LogP contribution in [0.1, 0.15) is 20.3 Å². The number of allylic oxidation sites excluding steroid dienone is 1. The first-order valence-electron chi connectivity index (χ1n) is 5.61. The normalized spacial score (nSPS) is 23.1. The first-order valence-corrected chi connectivity index (χ1v) is 5.61. The minimum absolute atomic E-state index is 0.0950. The van der Waals surface area contributed by atoms with Gasteiger partial charge in [-0.1, -0.05) is 38.1 Å². The van der Waals surface area contributed by atoms with Crippen molar-refractivity contribution >= 4 is 11.5 Å². The van der Waals surface area contributed by atoms with Gasteiger partial charge in [-0.05, 0) is 30.0 Å². The Balaban J connectivity index is 2.11. The number of ketones is 1. The van der Waals surface area contributed by atoms with Crippen LogP contribution < -0.4 is 5.32 Å². The average Bonchev–Trinajstić information content (AvgIpc) is 2.25. The number of rotatable bonds is 2. The fraction of sp³-hybridized carbons (Fsp3) is 0.357. The van der Waals surface area contributed by atoms with Crippen LogP contribution in [0.2, 0.25) is 0 Å². The summed E-state index contributed by atoms with van der Waals surface area (Å²) in [5, 5.41) is 3.29. The van der Waals surface area contributed by atoms with Gasteiger partial charge in [-0.3, -0.25) is 4.79 Å². The van der Waals surface area contributed by atoms with E-state index in [1.165, 1.54) is 0 Å². The van der Waals surface area contributed by atoms with E-state index in [4.69, 9.17) is 0 Å². The zero-order valence-corrected chi connectivity index (χ0v) is 9.73. The first-order chi connectivity index (χ1) is 7.57. The smallest absolute Gasteiger partial charge is 0.177 e. The van der Waals surface area contributed by atoms with Crippen LogP contribution in [-0.2, 0) is 4.79 Å². The monoisotopic (exact) mass is 215 g/mol. The minimum atomic E-state index is -0.0950. The van der Waals surface area contributed by atoms with Crippen molar-refractivity contribution in [3.05, 3.63) is 42.5 Å². The molecule has 0 fully saturated rings. The van der Waals surface area contributed by atoms with Crippen LogP contribution in [0.15, 0.2) is 42.5 Å². The van der Waals surface area contributed by atoms with Gasteiger partial charge >= 0.3 is 0 Å². The van der Waals surface area contributed by atoms with E-state index >= 15 is 0 Å². The second-order valence-electron chi connectivity index (χ2n) is 4.99. The lowest BCUT2D eigenvalue weighted by Crippen LogP contribution is -2.36. The zero-order chi connectivity index (χ0) is 11.6. The molecule has 1 aliphatic rings. The Hall–Kier alpha value is -1.57. The lowest BCUT2D eigenvalue weighted by molar-refractivity contribution is -0.116. The predicted octanol–water partition coefficient (Wildman–Crippen LogP) is 3.02. The molecule has 1 aliphatic carbocycles. The Morgan fingerprint density at radius 1 is 1.25 bits per heavy atom. The number of hydrogen-bond acceptors (Lipinski definition) is 2. The molecule has 0 heterocycles. The summed E-state index contributed by atoms with van der Waals surface area (Å²) in [6.07, 6.45) is 4.54. The molecule has 0 saturated heterocycles. The Morgan fingerprint density at radius 3 is 2.62 bits per heavy atom. The van der Waals surface area contributed by atoms with Crippen LogP contribution in [0.4, 0.5) is 5.69 Å². The van der Waals surface area contributed by atoms with Crippen molar-refractivity contribution in [2.24, 2.45) is 5.41 Å². The fourth-order valence-corrected chi connectivity index (χ4v) is 1.98. The molecule has 0 spiro atoms. The van der Waals surface area contributed by atoms with Crippen molar-refractivity contribution in [2.75, 3.05) is 5.32 Å². The number of para-hydroxylation sites is 1. The fourth-order valence-electron chi connectivity index (χ4n) is 1.98. The molecular formula is C14H17NO. The molecule has 0 saturated carbocycles. The maximum Gasteiger partial charge on any atom is 0.177 e. The number of hydrogen-bond donors (Lipinski definition) is 1. The van der Waals surface area contributed by atoms with Crippen LogP contribution in [0.25, 0.3) is 0 Å². The zero-order valence-electron chi connectivity index (χ0n) is 9.73. The van der Waals surface area contributed by atoms with Gasteiger partial charge in [0, 0.05) is 5.69 Å². The molecule has 0 amide bonds. The van der Waals surface area contributed by atoms with Crippen molar-refractivity contribution in [1.82, 2.24) is 0 Å². The molecule has 1 atom stereocenters. The second-order valence-corrected chi connectivity index (χ2v) is 4.99. The molecule has 2 heteroatoms. The van der Waals surface area contributed by atoms with Gasteiger partial charge in [0.15, 0.2) is 5.78 Å². The molecule has 0 bridgehead atoms. The highest BCUT2D eigenvalue weighted by atomic mass is 16.1. The van der Waals surface area contributed by atoms with Crippen LogP contribution in [0.5, 0.6) is 0 Å². The summed E-state index contributed by atoms with van der Waals surface area (Å²) in [4.78, 5) is 11.7. The van der Waals surface area contributed by atoms with E-state index in [1.807, 2.05) is 36.4 Å². The van der Waals surface area contributed by atoms with Crippen molar-refractivity contribution in [1.29, 1.82) is 0 Å². The predicted molar refractivity (Wildman–Crippen MR) is 66.4 cm³/mol. The van der Waals surface area contributed by atoms with Gasteiger partial charge in [0.1, 0.15) is 0 Å². The van der Waals surface area contributed by atoms with E-state index in [-0.39, 0.29) is 17.2 Å². The molecule has 1 unspecified atom stereocenters. The van der Waals surface area contributed by atoms with Gasteiger partial charge in [-0.25, -0.2) is 0 Å². The molecule has 0 aliphatic heterocycles. The molecule has 1 N–H and O–H groups in total. The molecule has 16 heavy (non-hydrogen) atoms. The molecule has 0 radical (unpaired) electrons. The summed E-state index contributed by atoms with van der Waals surface area (Å²) in [6, 6.07) is 9.78. The maximum absolute atomic E-state index is 11.7. The minimum Gasteiger partial charge on any atom is -0.375 e. The van der Waals surface area contributed by atoms with Gasteiger partial charge in [-0.2, -0.15) is 0 Å². The van der Waals surface area contributed by atoms with E-state index in [0.717, 1.165) is 12.1 Å². The summed E-state index contributed by atoms with van der Waals surface area (Å²) in [5.41, 5.74) is 1.10. The van der Waals surface area contributed by atoms with Gasteiger partial charge in [0.05, 0.1) is 6.04 Å². The molecule has 1 aromatic carbocycles. The van der Waals surface area contributed by atoms with Crippen molar-refractivity contribution in [3.8, 4) is 0 Å². The number of carbonyl (C=O) groups excluding carboxylic acids is 1. The van der Waals surface area contributed by atoms with E-state index in [9.17, 15) is 4.79 Å². The molecule has 2 nitrogen and oxygen atoms in total. The van der Waals surface area contributed by atoms with E-state index in [0.29, 0.717) is 0 Å². The van der Waals surface area contributed by atoms with Gasteiger partial charge < -0.3 is 5.32 Å². The largest absolute Gasteiger partial charge is 0.375 e. The van der Waals surface area contributed by atoms with Crippen molar-refractivity contribution < 1.29 is 4.79 Å². The first kappa shape index (κ1) is 10.9. The standard InChI is InChI=1S/C14H17NO/c1-14(2)9-8-13(16)12(10-14)15-11-6-4-3-5-7-11/h3-9,12,15H,10H2,1-2H3. The highest BCUT2D eigenvalue weighted by Gasteiger charge is 2.29. The molecule has 1 aromatic rings. The quantitative estimate of drug-likeness (QED) is 0.821. The summed E-state index contributed by atoms with van der Waals surface area (Å²) in [6.45, 7) is 4.30. The summed E-state index contributed by atoms with van der Waals surface area (Å²) < 4.78 is 0. The Kier molecular flexibility index (Phi) is 2.82. The lowest BCUT2D eigenvalue weighted by atomic mass is 9.80. The molecular weight excluding hydrogens is 198 g/mol. The molecule has 84 valence electrons. The van der Waals surface area contributed by atoms with Crippen LogP contribution >= 0.6 is 0 Å². The molecule has 0 aromatic heterocycles. The topological polar surface area (TPSA) is 29.1 Å². The third kappa shape index (κ3) is 2.51. The van der Waals surface area contributed by atoms with Gasteiger partial charge in [0.2, 0.25) is 0 Å². The number of benzene rings is 1. The van der Waals surface area contributed by atoms with Gasteiger partial charge in [-0.15, -0.1) is 0 Å². The van der Waals surface area contributed by atoms with E-state index in [1.54, 1.807) is 6.08 Å². The van der Waals surface area contributed by atoms with Crippen LogP contribution in [0, 0.1) is 5.41 Å². The second kappa shape index (κ2) is 4.12. The van der Waals surface area contributed by atoms with Gasteiger partial charge in [0.25, 0.3) is 0 Å². The lowest BCUT2D eigenvalue weighted by Gasteiger charge is -2.30. The average molecular weight is 215 g/mol. The third-order valence-electron chi connectivity index (χ3n) is 2.89. The number of carbonyl (C=O) groups is 1. The van der Waals surface area contributed by atoms with E-state index < -0.39 is 0 Å². The number of anilines is 1. The third-order valence-corrected chi connectivity index (χ3v) is 2.89. The van der Waals surface area contributed by atoms with E-state index in [2.05, 4.69) is 19.2 Å². The number of nitrogens with one attached hydrogen (secondary N) is 1. The highest BCUT2D eigenvalue weighted by Crippen LogP contribution is 2.29. The van der Waals surface area contributed by atoms with Crippen LogP contribution in [0.3, 0.4) is 0 Å². The van der Waals surface area contributed by atoms with Crippen LogP contribution in [-0.4, -0.2) is 11.8 Å². The molecule has 2 rings (SSSR count). The summed E-state index contributed by atoms with van der Waals surface area (Å²) in [7, 11) is 0. The Bertz CT molecular complexity index is 406. The maximum atomic E-state index is 11.7. The summed E-state index contributed by atoms with van der Waals surface area (Å²) in [5.74, 6) is 0.170. The Morgan fingerprint density at radius 2 is 1.94 bits per heavy atom. The van der Waals surface area contributed by atoms with Crippen molar-refractivity contribution in [3.63, 3.8) is 0 Å². The Labute approximate surface area is 96.4 Å². The SMILES string of the molecule is CC1(C)C=CC(=O)C(Nc2ccccc2)C1. The summed E-state index contributed by atoms with van der Waals surface area (Å²) >= 11 is 0.